The molecule has 1 heterocycles. The zero-order chi connectivity index (χ0) is 12.3. The van der Waals surface area contributed by atoms with Gasteiger partial charge in [-0.05, 0) is 44.9 Å². The molecule has 1 aromatic carbocycles. The monoisotopic (exact) mass is 328 g/mol. The highest BCUT2D eigenvalue weighted by Crippen LogP contribution is 2.37. The highest BCUT2D eigenvalue weighted by molar-refractivity contribution is 9.10. The number of benzene rings is 1. The molecule has 0 bridgehead atoms. The van der Waals surface area contributed by atoms with Crippen molar-refractivity contribution in [2.45, 2.75) is 25.1 Å². The van der Waals surface area contributed by atoms with Gasteiger partial charge in [-0.25, -0.2) is 0 Å². The van der Waals surface area contributed by atoms with Gasteiger partial charge in [-0.3, -0.25) is 0 Å². The number of aryl methyl sites for hydroxylation is 1. The number of rotatable bonds is 4. The summed E-state index contributed by atoms with van der Waals surface area (Å²) < 4.78 is 1.10. The van der Waals surface area contributed by atoms with Gasteiger partial charge in [-0.1, -0.05) is 37.6 Å². The third-order valence-corrected chi connectivity index (χ3v) is 5.22. The van der Waals surface area contributed by atoms with Crippen LogP contribution in [0.15, 0.2) is 40.2 Å². The van der Waals surface area contributed by atoms with Crippen LogP contribution in [0.5, 0.6) is 0 Å². The molecule has 0 saturated heterocycles. The number of hydrogen-bond acceptors (Lipinski definition) is 1. The van der Waals surface area contributed by atoms with Gasteiger partial charge in [0.25, 0.3) is 0 Å². The molecule has 1 unspecified atom stereocenters. The number of alkyl halides is 1. The van der Waals surface area contributed by atoms with Crippen molar-refractivity contribution in [3.63, 3.8) is 0 Å². The summed E-state index contributed by atoms with van der Waals surface area (Å²) in [5, 5.41) is 2.00. The summed E-state index contributed by atoms with van der Waals surface area (Å²) in [5.41, 5.74) is 2.54. The second kappa shape index (κ2) is 6.03. The van der Waals surface area contributed by atoms with Crippen LogP contribution in [0.25, 0.3) is 0 Å². The van der Waals surface area contributed by atoms with E-state index in [1.807, 2.05) is 6.07 Å². The summed E-state index contributed by atoms with van der Waals surface area (Å²) in [5.74, 6) is 0. The normalized spacial score (nSPS) is 12.6. The maximum absolute atomic E-state index is 6.49. The van der Waals surface area contributed by atoms with E-state index in [2.05, 4.69) is 52.5 Å². The first kappa shape index (κ1) is 13.1. The zero-order valence-corrected chi connectivity index (χ0v) is 12.8. The van der Waals surface area contributed by atoms with E-state index in [1.54, 1.807) is 11.3 Å². The van der Waals surface area contributed by atoms with Gasteiger partial charge in [0, 0.05) is 9.35 Å². The molecule has 0 radical (unpaired) electrons. The van der Waals surface area contributed by atoms with E-state index < -0.39 is 0 Å². The summed E-state index contributed by atoms with van der Waals surface area (Å²) >= 11 is 11.7. The summed E-state index contributed by atoms with van der Waals surface area (Å²) in [6, 6.07) is 10.7. The number of thiophene rings is 1. The molecule has 2 aromatic rings. The lowest BCUT2D eigenvalue weighted by Gasteiger charge is -2.09. The Morgan fingerprint density at radius 1 is 1.24 bits per heavy atom. The predicted molar refractivity (Wildman–Crippen MR) is 80.2 cm³/mol. The lowest BCUT2D eigenvalue weighted by atomic mass is 10.1. The van der Waals surface area contributed by atoms with Crippen molar-refractivity contribution < 1.29 is 0 Å². The van der Waals surface area contributed by atoms with Gasteiger partial charge >= 0.3 is 0 Å². The third-order valence-electron chi connectivity index (χ3n) is 2.69. The van der Waals surface area contributed by atoms with Crippen molar-refractivity contribution >= 4 is 38.9 Å². The smallest absolute Gasteiger partial charge is 0.0939 e. The van der Waals surface area contributed by atoms with E-state index in [-0.39, 0.29) is 5.38 Å². The fourth-order valence-electron chi connectivity index (χ4n) is 1.78. The Morgan fingerprint density at radius 2 is 1.94 bits per heavy atom. The molecule has 0 saturated carbocycles. The largest absolute Gasteiger partial charge is 0.146 e. The van der Waals surface area contributed by atoms with Crippen molar-refractivity contribution in [1.29, 1.82) is 0 Å². The van der Waals surface area contributed by atoms with Crippen molar-refractivity contribution in [2.75, 3.05) is 0 Å². The van der Waals surface area contributed by atoms with Crippen molar-refractivity contribution in [2.24, 2.45) is 0 Å². The molecule has 3 heteroatoms. The van der Waals surface area contributed by atoms with Crippen LogP contribution in [0.1, 0.15) is 34.7 Å². The molecule has 0 aliphatic heterocycles. The molecule has 0 spiro atoms. The van der Waals surface area contributed by atoms with Crippen LogP contribution in [0.3, 0.4) is 0 Å². The Morgan fingerprint density at radius 3 is 2.47 bits per heavy atom. The molecule has 17 heavy (non-hydrogen) atoms. The Labute approximate surface area is 120 Å². The number of halogens is 2. The Bertz CT molecular complexity index is 475. The van der Waals surface area contributed by atoms with E-state index in [0.717, 1.165) is 16.5 Å². The second-order valence-corrected chi connectivity index (χ2v) is 6.23. The summed E-state index contributed by atoms with van der Waals surface area (Å²) in [6.45, 7) is 2.20. The fourth-order valence-corrected chi connectivity index (χ4v) is 3.93. The molecule has 0 aliphatic rings. The molecule has 1 atom stereocenters. The molecule has 0 amide bonds. The Hall–Kier alpha value is -0.310. The van der Waals surface area contributed by atoms with Gasteiger partial charge in [0.1, 0.15) is 0 Å². The lowest BCUT2D eigenvalue weighted by molar-refractivity contribution is 0.920. The van der Waals surface area contributed by atoms with E-state index in [4.69, 9.17) is 11.6 Å². The van der Waals surface area contributed by atoms with Gasteiger partial charge in [-0.2, -0.15) is 0 Å². The van der Waals surface area contributed by atoms with Crippen LogP contribution in [-0.4, -0.2) is 0 Å². The maximum atomic E-state index is 6.49. The van der Waals surface area contributed by atoms with Crippen molar-refractivity contribution in [1.82, 2.24) is 0 Å². The molecule has 1 aromatic heterocycles. The molecule has 0 fully saturated rings. The summed E-state index contributed by atoms with van der Waals surface area (Å²) in [4.78, 5) is 1.18. The first-order valence-corrected chi connectivity index (χ1v) is 7.79. The van der Waals surface area contributed by atoms with Gasteiger partial charge < -0.3 is 0 Å². The van der Waals surface area contributed by atoms with Gasteiger partial charge in [0.15, 0.2) is 0 Å². The lowest BCUT2D eigenvalue weighted by Crippen LogP contribution is -1.92. The first-order valence-electron chi connectivity index (χ1n) is 5.68. The first-order chi connectivity index (χ1) is 8.22. The Kier molecular flexibility index (Phi) is 4.66. The third kappa shape index (κ3) is 3.12. The van der Waals surface area contributed by atoms with Crippen molar-refractivity contribution in [3.05, 3.63) is 56.2 Å². The maximum Gasteiger partial charge on any atom is 0.0939 e. The van der Waals surface area contributed by atoms with Crippen LogP contribution in [0, 0.1) is 0 Å². The predicted octanol–water partition coefficient (Wildman–Crippen LogP) is 5.79. The van der Waals surface area contributed by atoms with Gasteiger partial charge in [0.2, 0.25) is 0 Å². The van der Waals surface area contributed by atoms with Crippen LogP contribution in [0.4, 0.5) is 0 Å². The molecular weight excluding hydrogens is 316 g/mol. The topological polar surface area (TPSA) is 0 Å². The van der Waals surface area contributed by atoms with Gasteiger partial charge in [0.05, 0.1) is 5.38 Å². The summed E-state index contributed by atoms with van der Waals surface area (Å²) in [6.07, 6.45) is 2.32. The van der Waals surface area contributed by atoms with Crippen molar-refractivity contribution in [3.8, 4) is 0 Å². The summed E-state index contributed by atoms with van der Waals surface area (Å²) in [7, 11) is 0. The second-order valence-electron chi connectivity index (χ2n) is 3.99. The minimum absolute atomic E-state index is 0.0555. The van der Waals surface area contributed by atoms with Crippen LogP contribution in [0.2, 0.25) is 0 Å². The Balaban J connectivity index is 2.20. The van der Waals surface area contributed by atoms with E-state index in [1.165, 1.54) is 16.9 Å². The highest BCUT2D eigenvalue weighted by Gasteiger charge is 2.14. The minimum atomic E-state index is -0.0555. The van der Waals surface area contributed by atoms with Crippen LogP contribution < -0.4 is 0 Å². The average Bonchev–Trinajstić information content (AvgIpc) is 2.76. The molecular formula is C14H14BrClS. The standard InChI is InChI=1S/C14H14BrClS/c1-2-3-10-4-6-11(7-5-10)13(16)14-12(15)8-9-17-14/h4-9,13H,2-3H2,1H3. The van der Waals surface area contributed by atoms with E-state index in [9.17, 15) is 0 Å². The quantitative estimate of drug-likeness (QED) is 0.623. The molecule has 0 nitrogen and oxygen atoms in total. The van der Waals surface area contributed by atoms with Gasteiger partial charge in [-0.15, -0.1) is 22.9 Å². The van der Waals surface area contributed by atoms with E-state index >= 15 is 0 Å². The molecule has 90 valence electrons. The number of hydrogen-bond donors (Lipinski definition) is 0. The molecule has 0 N–H and O–H groups in total. The van der Waals surface area contributed by atoms with E-state index in [0.29, 0.717) is 0 Å². The van der Waals surface area contributed by atoms with Crippen LogP contribution >= 0.6 is 38.9 Å². The highest BCUT2D eigenvalue weighted by atomic mass is 79.9. The zero-order valence-electron chi connectivity index (χ0n) is 9.62. The fraction of sp³-hybridized carbons (Fsp3) is 0.286. The molecule has 0 aliphatic carbocycles. The average molecular weight is 330 g/mol. The molecule has 2 rings (SSSR count). The SMILES string of the molecule is CCCc1ccc(C(Cl)c2sccc2Br)cc1. The van der Waals surface area contributed by atoms with Crippen LogP contribution in [-0.2, 0) is 6.42 Å². The minimum Gasteiger partial charge on any atom is -0.146 e.